The number of pyridine rings is 1. The van der Waals surface area contributed by atoms with Crippen molar-refractivity contribution in [2.24, 2.45) is 0 Å². The molecule has 2 heterocycles. The summed E-state index contributed by atoms with van der Waals surface area (Å²) in [6, 6.07) is 15.8. The standard InChI is InChI=1S/C29H28N4O4/c1-4-36-27(34)17-20-8-5-6-11-26(20)37-18-25-23-16-19(22-14-15-31-29(30-2)28(22)35-3)12-13-24(23)32-33(25)21-9-7-10-21/h5-6,8,11-16,21H,4,7,9-10,17-18H2,1,3H3. The quantitative estimate of drug-likeness (QED) is 0.207. The fourth-order valence-corrected chi connectivity index (χ4v) is 4.65. The number of nitrogens with zero attached hydrogens (tertiary/aromatic N) is 4. The molecule has 5 rings (SSSR count). The van der Waals surface area contributed by atoms with E-state index >= 15 is 0 Å². The van der Waals surface area contributed by atoms with E-state index in [1.54, 1.807) is 20.2 Å². The van der Waals surface area contributed by atoms with E-state index in [2.05, 4.69) is 20.6 Å². The van der Waals surface area contributed by atoms with Gasteiger partial charge in [0.25, 0.3) is 0 Å². The van der Waals surface area contributed by atoms with Gasteiger partial charge in [-0.3, -0.25) is 9.48 Å². The first-order valence-electron chi connectivity index (χ1n) is 12.4. The predicted molar refractivity (Wildman–Crippen MR) is 140 cm³/mol. The van der Waals surface area contributed by atoms with Gasteiger partial charge in [0.2, 0.25) is 0 Å². The number of benzene rings is 2. The summed E-state index contributed by atoms with van der Waals surface area (Å²) >= 11 is 0. The molecule has 2 aromatic carbocycles. The van der Waals surface area contributed by atoms with Crippen LogP contribution in [0.15, 0.2) is 54.7 Å². The summed E-state index contributed by atoms with van der Waals surface area (Å²) < 4.78 is 19.1. The summed E-state index contributed by atoms with van der Waals surface area (Å²) in [6.45, 7) is 9.88. The van der Waals surface area contributed by atoms with Crippen molar-refractivity contribution in [3.05, 3.63) is 77.4 Å². The number of fused-ring (bicyclic) bond motifs is 1. The van der Waals surface area contributed by atoms with Crippen molar-refractivity contribution in [1.82, 2.24) is 14.8 Å². The molecule has 1 aliphatic rings. The molecule has 37 heavy (non-hydrogen) atoms. The second-order valence-electron chi connectivity index (χ2n) is 8.91. The van der Waals surface area contributed by atoms with Gasteiger partial charge in [-0.2, -0.15) is 5.10 Å². The maximum absolute atomic E-state index is 12.1. The monoisotopic (exact) mass is 496 g/mol. The summed E-state index contributed by atoms with van der Waals surface area (Å²) in [6.07, 6.45) is 5.13. The third-order valence-electron chi connectivity index (χ3n) is 6.70. The highest BCUT2D eigenvalue weighted by atomic mass is 16.5. The van der Waals surface area contributed by atoms with Gasteiger partial charge in [0.1, 0.15) is 18.6 Å². The molecule has 8 heteroatoms. The second kappa shape index (κ2) is 10.7. The predicted octanol–water partition coefficient (Wildman–Crippen LogP) is 6.07. The first kappa shape index (κ1) is 24.3. The number of hydrogen-bond acceptors (Lipinski definition) is 6. The van der Waals surface area contributed by atoms with Crippen LogP contribution in [0.5, 0.6) is 11.5 Å². The van der Waals surface area contributed by atoms with Gasteiger partial charge in [0, 0.05) is 16.5 Å². The van der Waals surface area contributed by atoms with Crippen molar-refractivity contribution >= 4 is 22.7 Å². The van der Waals surface area contributed by atoms with Gasteiger partial charge in [-0.05, 0) is 56.0 Å². The van der Waals surface area contributed by atoms with Crippen LogP contribution in [0, 0.1) is 6.57 Å². The van der Waals surface area contributed by atoms with Gasteiger partial charge in [0.15, 0.2) is 5.75 Å². The number of aromatic nitrogens is 3. The van der Waals surface area contributed by atoms with E-state index in [4.69, 9.17) is 25.9 Å². The highest BCUT2D eigenvalue weighted by molar-refractivity contribution is 5.89. The minimum absolute atomic E-state index is 0.155. The Balaban J connectivity index is 1.52. The van der Waals surface area contributed by atoms with Crippen LogP contribution in [0.2, 0.25) is 0 Å². The zero-order valence-electron chi connectivity index (χ0n) is 20.9. The topological polar surface area (TPSA) is 79.8 Å². The Morgan fingerprint density at radius 1 is 1.19 bits per heavy atom. The third-order valence-corrected chi connectivity index (χ3v) is 6.70. The molecule has 0 bridgehead atoms. The van der Waals surface area contributed by atoms with Crippen molar-refractivity contribution < 1.29 is 19.0 Å². The maximum Gasteiger partial charge on any atom is 0.312 e. The second-order valence-corrected chi connectivity index (χ2v) is 8.91. The van der Waals surface area contributed by atoms with Crippen LogP contribution in [-0.4, -0.2) is 34.5 Å². The Labute approximate surface area is 215 Å². The SMILES string of the molecule is [C-]#[N+]c1nccc(-c2ccc3nn(C4CCC4)c(COc4ccccc4CC(=O)OCC)c3c2)c1OC. The lowest BCUT2D eigenvalue weighted by atomic mass is 9.93. The minimum atomic E-state index is -0.279. The highest BCUT2D eigenvalue weighted by Crippen LogP contribution is 2.39. The summed E-state index contributed by atoms with van der Waals surface area (Å²) in [4.78, 5) is 19.7. The fourth-order valence-electron chi connectivity index (χ4n) is 4.65. The van der Waals surface area contributed by atoms with E-state index in [9.17, 15) is 4.79 Å². The van der Waals surface area contributed by atoms with E-state index in [0.717, 1.165) is 46.1 Å². The lowest BCUT2D eigenvalue weighted by Gasteiger charge is -2.27. The Morgan fingerprint density at radius 3 is 2.76 bits per heavy atom. The summed E-state index contributed by atoms with van der Waals surface area (Å²) in [5.41, 5.74) is 4.36. The molecule has 0 saturated heterocycles. The molecule has 0 amide bonds. The van der Waals surface area contributed by atoms with Gasteiger partial charge < -0.3 is 19.1 Å². The molecule has 1 aliphatic carbocycles. The third kappa shape index (κ3) is 4.85. The lowest BCUT2D eigenvalue weighted by molar-refractivity contribution is -0.142. The number of hydrogen-bond donors (Lipinski definition) is 0. The van der Waals surface area contributed by atoms with Crippen molar-refractivity contribution in [1.29, 1.82) is 0 Å². The average Bonchev–Trinajstić information content (AvgIpc) is 3.23. The van der Waals surface area contributed by atoms with Crippen molar-refractivity contribution in [3.8, 4) is 22.6 Å². The van der Waals surface area contributed by atoms with Crippen LogP contribution in [0.4, 0.5) is 5.82 Å². The van der Waals surface area contributed by atoms with Crippen LogP contribution >= 0.6 is 0 Å². The van der Waals surface area contributed by atoms with Crippen LogP contribution in [-0.2, 0) is 22.6 Å². The molecular weight excluding hydrogens is 468 g/mol. The number of carbonyl (C=O) groups excluding carboxylic acids is 1. The maximum atomic E-state index is 12.1. The summed E-state index contributed by atoms with van der Waals surface area (Å²) in [5, 5.41) is 5.91. The van der Waals surface area contributed by atoms with Crippen molar-refractivity contribution in [2.75, 3.05) is 13.7 Å². The summed E-state index contributed by atoms with van der Waals surface area (Å²) in [7, 11) is 1.55. The first-order chi connectivity index (χ1) is 18.1. The molecule has 0 aliphatic heterocycles. The molecular formula is C29H28N4O4. The lowest BCUT2D eigenvalue weighted by Crippen LogP contribution is -2.21. The Kier molecular flexibility index (Phi) is 7.04. The molecule has 188 valence electrons. The van der Waals surface area contributed by atoms with Crippen LogP contribution in [0.25, 0.3) is 26.9 Å². The van der Waals surface area contributed by atoms with Gasteiger partial charge in [-0.25, -0.2) is 0 Å². The van der Waals surface area contributed by atoms with E-state index in [-0.39, 0.29) is 18.2 Å². The molecule has 0 spiro atoms. The molecule has 0 unspecified atom stereocenters. The van der Waals surface area contributed by atoms with Crippen LogP contribution < -0.4 is 9.47 Å². The molecule has 1 fully saturated rings. The molecule has 0 N–H and O–H groups in total. The van der Waals surface area contributed by atoms with E-state index in [1.165, 1.54) is 6.42 Å². The van der Waals surface area contributed by atoms with Gasteiger partial charge in [0.05, 0.1) is 37.4 Å². The van der Waals surface area contributed by atoms with Crippen LogP contribution in [0.3, 0.4) is 0 Å². The number of methoxy groups -OCH3 is 1. The molecule has 8 nitrogen and oxygen atoms in total. The smallest absolute Gasteiger partial charge is 0.312 e. The highest BCUT2D eigenvalue weighted by Gasteiger charge is 2.25. The Hall–Kier alpha value is -4.38. The summed E-state index contributed by atoms with van der Waals surface area (Å²) in [5.74, 6) is 1.05. The average molecular weight is 497 g/mol. The van der Waals surface area contributed by atoms with E-state index in [1.807, 2.05) is 42.5 Å². The fraction of sp³-hybridized carbons (Fsp3) is 0.310. The number of ether oxygens (including phenoxy) is 3. The largest absolute Gasteiger partial charge is 0.505 e. The van der Waals surface area contributed by atoms with Gasteiger partial charge >= 0.3 is 11.8 Å². The molecule has 4 aromatic rings. The minimum Gasteiger partial charge on any atom is -0.505 e. The van der Waals surface area contributed by atoms with Crippen molar-refractivity contribution in [2.45, 2.75) is 45.3 Å². The van der Waals surface area contributed by atoms with E-state index < -0.39 is 0 Å². The molecule has 0 radical (unpaired) electrons. The number of rotatable bonds is 9. The first-order valence-corrected chi connectivity index (χ1v) is 12.4. The van der Waals surface area contributed by atoms with E-state index in [0.29, 0.717) is 30.8 Å². The molecule has 1 saturated carbocycles. The Bertz CT molecular complexity index is 1480. The van der Waals surface area contributed by atoms with Crippen molar-refractivity contribution in [3.63, 3.8) is 0 Å². The zero-order chi connectivity index (χ0) is 25.8. The molecule has 2 aromatic heterocycles. The normalized spacial score (nSPS) is 13.1. The number of para-hydroxylation sites is 1. The number of esters is 1. The molecule has 0 atom stereocenters. The Morgan fingerprint density at radius 2 is 2.03 bits per heavy atom. The zero-order valence-corrected chi connectivity index (χ0v) is 20.9. The number of carbonyl (C=O) groups is 1. The van der Waals surface area contributed by atoms with Crippen LogP contribution in [0.1, 0.15) is 43.5 Å². The van der Waals surface area contributed by atoms with Gasteiger partial charge in [-0.15, -0.1) is 4.98 Å². The van der Waals surface area contributed by atoms with Gasteiger partial charge in [-0.1, -0.05) is 30.8 Å².